The van der Waals surface area contributed by atoms with Crippen molar-refractivity contribution in [2.75, 3.05) is 13.6 Å². The Bertz CT molecular complexity index is 939. The average molecular weight is 449 g/mol. The van der Waals surface area contributed by atoms with Crippen LogP contribution in [0.2, 0.25) is 0 Å². The van der Waals surface area contributed by atoms with Gasteiger partial charge in [0, 0.05) is 35.8 Å². The first-order valence-electron chi connectivity index (χ1n) is 9.89. The van der Waals surface area contributed by atoms with Gasteiger partial charge in [-0.3, -0.25) is 4.99 Å². The minimum absolute atomic E-state index is 0.274. The topological polar surface area (TPSA) is 82.6 Å². The molecule has 0 aliphatic heterocycles. The molecule has 6 nitrogen and oxygen atoms in total. The molecule has 0 saturated heterocycles. The molecule has 0 amide bonds. The third kappa shape index (κ3) is 8.01. The van der Waals surface area contributed by atoms with Gasteiger partial charge in [-0.1, -0.05) is 43.3 Å². The van der Waals surface area contributed by atoms with E-state index in [2.05, 4.69) is 39.4 Å². The Morgan fingerprint density at radius 3 is 2.30 bits per heavy atom. The molecule has 0 fully saturated rings. The summed E-state index contributed by atoms with van der Waals surface area (Å²) in [6.45, 7) is 8.70. The first kappa shape index (κ1) is 24.2. The van der Waals surface area contributed by atoms with E-state index in [0.717, 1.165) is 6.54 Å². The molecular weight excluding hydrogens is 416 g/mol. The standard InChI is InChI=1S/C22H32N4O2S2/c1-17(29-19-12-7-6-8-13-19)15-24-21(23-5)25-16-18-11-9-10-14-20(18)30(27,28)26-22(2,3)4/h6-14,17,26H,15-16H2,1-5H3,(H2,23,24,25). The van der Waals surface area contributed by atoms with Crippen molar-refractivity contribution in [2.45, 2.75) is 54.8 Å². The maximum absolute atomic E-state index is 12.8. The van der Waals surface area contributed by atoms with Crippen LogP contribution in [0.15, 0.2) is 69.4 Å². The molecule has 0 aliphatic carbocycles. The summed E-state index contributed by atoms with van der Waals surface area (Å²) in [5.41, 5.74) is 0.132. The van der Waals surface area contributed by atoms with Gasteiger partial charge in [-0.15, -0.1) is 11.8 Å². The molecule has 0 aliphatic rings. The molecule has 1 atom stereocenters. The SMILES string of the molecule is CN=C(NCc1ccccc1S(=O)(=O)NC(C)(C)C)NCC(C)Sc1ccccc1. The second-order valence-electron chi connectivity index (χ2n) is 8.01. The predicted molar refractivity (Wildman–Crippen MR) is 126 cm³/mol. The van der Waals surface area contributed by atoms with Crippen LogP contribution in [0.3, 0.4) is 0 Å². The van der Waals surface area contributed by atoms with Crippen molar-refractivity contribution in [1.82, 2.24) is 15.4 Å². The first-order chi connectivity index (χ1) is 14.1. The second kappa shape index (κ2) is 10.8. The fourth-order valence-electron chi connectivity index (χ4n) is 2.78. The van der Waals surface area contributed by atoms with E-state index < -0.39 is 15.6 Å². The lowest BCUT2D eigenvalue weighted by Crippen LogP contribution is -2.42. The number of nitrogens with zero attached hydrogens (tertiary/aromatic N) is 1. The quantitative estimate of drug-likeness (QED) is 0.326. The molecule has 0 heterocycles. The van der Waals surface area contributed by atoms with Crippen molar-refractivity contribution >= 4 is 27.7 Å². The van der Waals surface area contributed by atoms with Gasteiger partial charge in [0.15, 0.2) is 5.96 Å². The van der Waals surface area contributed by atoms with Crippen LogP contribution in [0.25, 0.3) is 0 Å². The molecular formula is C22H32N4O2S2. The highest BCUT2D eigenvalue weighted by Gasteiger charge is 2.24. The largest absolute Gasteiger partial charge is 0.355 e. The summed E-state index contributed by atoms with van der Waals surface area (Å²) >= 11 is 1.79. The van der Waals surface area contributed by atoms with Crippen molar-refractivity contribution in [3.63, 3.8) is 0 Å². The summed E-state index contributed by atoms with van der Waals surface area (Å²) in [6, 6.07) is 17.3. The Morgan fingerprint density at radius 2 is 1.67 bits per heavy atom. The first-order valence-corrected chi connectivity index (χ1v) is 12.2. The van der Waals surface area contributed by atoms with Crippen LogP contribution in [-0.2, 0) is 16.6 Å². The minimum atomic E-state index is -3.62. The third-order valence-electron chi connectivity index (χ3n) is 4.01. The van der Waals surface area contributed by atoms with E-state index in [0.29, 0.717) is 23.3 Å². The Kier molecular flexibility index (Phi) is 8.76. The maximum atomic E-state index is 12.8. The number of rotatable bonds is 8. The number of thioether (sulfide) groups is 1. The van der Waals surface area contributed by atoms with Crippen LogP contribution >= 0.6 is 11.8 Å². The zero-order valence-corrected chi connectivity index (χ0v) is 19.9. The molecule has 164 valence electrons. The van der Waals surface area contributed by atoms with Crippen LogP contribution in [0.1, 0.15) is 33.3 Å². The Labute approximate surface area is 185 Å². The van der Waals surface area contributed by atoms with E-state index in [4.69, 9.17) is 0 Å². The highest BCUT2D eigenvalue weighted by molar-refractivity contribution is 8.00. The molecule has 2 aromatic rings. The van der Waals surface area contributed by atoms with Gasteiger partial charge in [0.05, 0.1) is 4.90 Å². The van der Waals surface area contributed by atoms with E-state index in [1.54, 1.807) is 30.9 Å². The lowest BCUT2D eigenvalue weighted by Gasteiger charge is -2.22. The summed E-state index contributed by atoms with van der Waals surface area (Å²) in [5, 5.41) is 6.87. The number of hydrogen-bond donors (Lipinski definition) is 3. The van der Waals surface area contributed by atoms with Crippen molar-refractivity contribution < 1.29 is 8.42 Å². The zero-order chi connectivity index (χ0) is 22.2. The number of hydrogen-bond acceptors (Lipinski definition) is 4. The number of guanidine groups is 1. The number of aliphatic imine (C=N–C) groups is 1. The number of nitrogens with one attached hydrogen (secondary N) is 3. The van der Waals surface area contributed by atoms with Crippen LogP contribution in [-0.4, -0.2) is 38.8 Å². The van der Waals surface area contributed by atoms with E-state index in [9.17, 15) is 8.42 Å². The molecule has 2 rings (SSSR count). The van der Waals surface area contributed by atoms with Crippen molar-refractivity contribution in [3.8, 4) is 0 Å². The zero-order valence-electron chi connectivity index (χ0n) is 18.3. The lowest BCUT2D eigenvalue weighted by molar-refractivity contribution is 0.491. The van der Waals surface area contributed by atoms with Gasteiger partial charge >= 0.3 is 0 Å². The molecule has 8 heteroatoms. The molecule has 0 aromatic heterocycles. The van der Waals surface area contributed by atoms with Gasteiger partial charge in [-0.05, 0) is 44.5 Å². The maximum Gasteiger partial charge on any atom is 0.241 e. The summed E-state index contributed by atoms with van der Waals surface area (Å²) in [4.78, 5) is 5.75. The van der Waals surface area contributed by atoms with E-state index in [-0.39, 0.29) is 4.90 Å². The predicted octanol–water partition coefficient (Wildman–Crippen LogP) is 3.61. The number of benzene rings is 2. The molecule has 30 heavy (non-hydrogen) atoms. The highest BCUT2D eigenvalue weighted by Crippen LogP contribution is 2.22. The number of sulfonamides is 1. The minimum Gasteiger partial charge on any atom is -0.355 e. The molecule has 2 aromatic carbocycles. The van der Waals surface area contributed by atoms with Gasteiger partial charge in [0.2, 0.25) is 10.0 Å². The Morgan fingerprint density at radius 1 is 1.03 bits per heavy atom. The molecule has 0 spiro atoms. The second-order valence-corrected chi connectivity index (χ2v) is 11.2. The summed E-state index contributed by atoms with van der Waals surface area (Å²) in [7, 11) is -1.91. The molecule has 0 saturated carbocycles. The van der Waals surface area contributed by atoms with Gasteiger partial charge in [-0.25, -0.2) is 13.1 Å². The van der Waals surface area contributed by atoms with Gasteiger partial charge in [0.25, 0.3) is 0 Å². The molecule has 0 bridgehead atoms. The van der Waals surface area contributed by atoms with Crippen molar-refractivity contribution in [2.24, 2.45) is 4.99 Å². The third-order valence-corrected chi connectivity index (χ3v) is 6.98. The average Bonchev–Trinajstić information content (AvgIpc) is 2.67. The summed E-state index contributed by atoms with van der Waals surface area (Å²) in [6.07, 6.45) is 0. The van der Waals surface area contributed by atoms with Crippen LogP contribution in [0.4, 0.5) is 0 Å². The van der Waals surface area contributed by atoms with E-state index in [1.807, 2.05) is 51.1 Å². The fourth-order valence-corrected chi connectivity index (χ4v) is 5.39. The fraction of sp³-hybridized carbons (Fsp3) is 0.409. The molecule has 0 radical (unpaired) electrons. The summed E-state index contributed by atoms with van der Waals surface area (Å²) < 4.78 is 28.3. The van der Waals surface area contributed by atoms with Crippen LogP contribution in [0.5, 0.6) is 0 Å². The van der Waals surface area contributed by atoms with Crippen LogP contribution in [0, 0.1) is 0 Å². The van der Waals surface area contributed by atoms with Gasteiger partial charge < -0.3 is 10.6 Å². The Balaban J connectivity index is 1.97. The van der Waals surface area contributed by atoms with Crippen molar-refractivity contribution in [1.29, 1.82) is 0 Å². The summed E-state index contributed by atoms with van der Waals surface area (Å²) in [5.74, 6) is 0.631. The lowest BCUT2D eigenvalue weighted by atomic mass is 10.1. The van der Waals surface area contributed by atoms with Crippen molar-refractivity contribution in [3.05, 3.63) is 60.2 Å². The normalized spacial score (nSPS) is 13.7. The monoisotopic (exact) mass is 448 g/mol. The van der Waals surface area contributed by atoms with E-state index >= 15 is 0 Å². The van der Waals surface area contributed by atoms with Gasteiger partial charge in [-0.2, -0.15) is 0 Å². The van der Waals surface area contributed by atoms with Gasteiger partial charge in [0.1, 0.15) is 0 Å². The Hall–Kier alpha value is -2.03. The highest BCUT2D eigenvalue weighted by atomic mass is 32.2. The molecule has 3 N–H and O–H groups in total. The molecule has 1 unspecified atom stereocenters. The van der Waals surface area contributed by atoms with E-state index in [1.165, 1.54) is 4.90 Å². The smallest absolute Gasteiger partial charge is 0.241 e. The van der Waals surface area contributed by atoms with Crippen LogP contribution < -0.4 is 15.4 Å².